The number of hydrogen-bond acceptors (Lipinski definition) is 4. The molecule has 0 unspecified atom stereocenters. The molecular weight excluding hydrogens is 286 g/mol. The molecule has 3 N–H and O–H groups in total. The van der Waals surface area contributed by atoms with Crippen LogP contribution in [0.15, 0.2) is 60.7 Å². The Morgan fingerprint density at radius 1 is 1.00 bits per heavy atom. The molecule has 0 saturated heterocycles. The van der Waals surface area contributed by atoms with Crippen molar-refractivity contribution in [2.75, 3.05) is 12.0 Å². The molecule has 0 atom stereocenters. The highest BCUT2D eigenvalue weighted by atomic mass is 32.1. The zero-order chi connectivity index (χ0) is 14.9. The van der Waals surface area contributed by atoms with E-state index in [1.54, 1.807) is 12.1 Å². The van der Waals surface area contributed by atoms with Crippen molar-refractivity contribution in [1.82, 2.24) is 10.7 Å². The number of thiocarbonyl (C=S) groups is 1. The summed E-state index contributed by atoms with van der Waals surface area (Å²) in [6, 6.07) is 18.5. The predicted octanol–water partition coefficient (Wildman–Crippen LogP) is 2.08. The maximum absolute atomic E-state index is 11.6. The van der Waals surface area contributed by atoms with Crippen LogP contribution in [0.4, 0.5) is 5.69 Å². The van der Waals surface area contributed by atoms with Crippen molar-refractivity contribution in [2.24, 2.45) is 0 Å². The van der Waals surface area contributed by atoms with Crippen LogP contribution in [-0.4, -0.2) is 17.6 Å². The molecule has 0 spiro atoms. The molecule has 0 aliphatic rings. The van der Waals surface area contributed by atoms with E-state index in [1.807, 2.05) is 48.5 Å². The quantitative estimate of drug-likeness (QED) is 0.583. The Hall–Kier alpha value is -2.60. The van der Waals surface area contributed by atoms with Crippen molar-refractivity contribution >= 4 is 28.9 Å². The first-order chi connectivity index (χ1) is 10.2. The number of ether oxygens (including phenoxy) is 1. The lowest BCUT2D eigenvalue weighted by Gasteiger charge is -2.12. The van der Waals surface area contributed by atoms with Crippen molar-refractivity contribution in [1.29, 1.82) is 0 Å². The molecule has 108 valence electrons. The topological polar surface area (TPSA) is 62.4 Å². The minimum absolute atomic E-state index is 0.100. The van der Waals surface area contributed by atoms with Crippen LogP contribution < -0.4 is 20.9 Å². The third-order valence-electron chi connectivity index (χ3n) is 2.46. The van der Waals surface area contributed by atoms with Crippen molar-refractivity contribution in [3.63, 3.8) is 0 Å². The summed E-state index contributed by atoms with van der Waals surface area (Å²) >= 11 is 5.00. The van der Waals surface area contributed by atoms with E-state index in [4.69, 9.17) is 17.0 Å². The Labute approximate surface area is 128 Å². The number of hydrogen-bond donors (Lipinski definition) is 3. The number of anilines is 1. The maximum Gasteiger partial charge on any atom is 0.264 e. The Kier molecular flexibility index (Phi) is 5.54. The van der Waals surface area contributed by atoms with Crippen molar-refractivity contribution < 1.29 is 9.53 Å². The van der Waals surface area contributed by atoms with Crippen LogP contribution >= 0.6 is 12.2 Å². The van der Waals surface area contributed by atoms with E-state index in [0.717, 1.165) is 5.69 Å². The molecule has 2 aromatic rings. The number of carbonyl (C=O) groups is 1. The van der Waals surface area contributed by atoms with Crippen LogP contribution in [0.25, 0.3) is 0 Å². The van der Waals surface area contributed by atoms with Gasteiger partial charge in [-0.2, -0.15) is 0 Å². The third kappa shape index (κ3) is 5.50. The van der Waals surface area contributed by atoms with E-state index in [-0.39, 0.29) is 17.6 Å². The van der Waals surface area contributed by atoms with Crippen molar-refractivity contribution in [3.05, 3.63) is 60.7 Å². The summed E-state index contributed by atoms with van der Waals surface area (Å²) in [4.78, 5) is 11.6. The van der Waals surface area contributed by atoms with Gasteiger partial charge in [0.1, 0.15) is 5.75 Å². The number of hydrazine groups is 1. The molecule has 0 aliphatic heterocycles. The smallest absolute Gasteiger partial charge is 0.264 e. The molecule has 0 aliphatic carbocycles. The van der Waals surface area contributed by atoms with Gasteiger partial charge in [0.05, 0.1) is 5.69 Å². The highest BCUT2D eigenvalue weighted by Gasteiger charge is 2.05. The highest BCUT2D eigenvalue weighted by Crippen LogP contribution is 2.07. The monoisotopic (exact) mass is 301 g/mol. The molecule has 0 fully saturated rings. The molecule has 21 heavy (non-hydrogen) atoms. The lowest BCUT2D eigenvalue weighted by molar-refractivity contribution is -0.121. The summed E-state index contributed by atoms with van der Waals surface area (Å²) in [5, 5.41) is 2.70. The van der Waals surface area contributed by atoms with Gasteiger partial charge in [0.15, 0.2) is 11.7 Å². The first-order valence-corrected chi connectivity index (χ1v) is 6.73. The van der Waals surface area contributed by atoms with Crippen LogP contribution in [0.3, 0.4) is 0 Å². The minimum atomic E-state index is -0.328. The summed E-state index contributed by atoms with van der Waals surface area (Å²) in [5.41, 5.74) is 6.44. The fourth-order valence-electron chi connectivity index (χ4n) is 1.51. The molecule has 1 amide bonds. The Morgan fingerprint density at radius 3 is 2.29 bits per heavy atom. The average Bonchev–Trinajstić information content (AvgIpc) is 2.53. The lowest BCUT2D eigenvalue weighted by Crippen LogP contribution is -2.43. The van der Waals surface area contributed by atoms with Crippen LogP contribution in [0.2, 0.25) is 0 Å². The molecule has 6 heteroatoms. The Morgan fingerprint density at radius 2 is 1.62 bits per heavy atom. The zero-order valence-electron chi connectivity index (χ0n) is 11.2. The van der Waals surface area contributed by atoms with Crippen LogP contribution in [0, 0.1) is 0 Å². The van der Waals surface area contributed by atoms with E-state index >= 15 is 0 Å². The fourth-order valence-corrected chi connectivity index (χ4v) is 1.67. The molecular formula is C15H15N3O2S. The van der Waals surface area contributed by atoms with E-state index in [0.29, 0.717) is 5.75 Å². The van der Waals surface area contributed by atoms with Crippen molar-refractivity contribution in [3.8, 4) is 5.75 Å². The number of para-hydroxylation sites is 2. The molecule has 0 bridgehead atoms. The van der Waals surface area contributed by atoms with E-state index in [1.165, 1.54) is 0 Å². The minimum Gasteiger partial charge on any atom is -0.484 e. The average molecular weight is 301 g/mol. The number of amides is 1. The number of nitrogens with one attached hydrogen (secondary N) is 3. The SMILES string of the molecule is O=C(COc1ccccc1)NC(=S)NNc1ccccc1. The summed E-state index contributed by atoms with van der Waals surface area (Å²) in [7, 11) is 0. The first kappa shape index (κ1) is 14.8. The van der Waals surface area contributed by atoms with E-state index < -0.39 is 0 Å². The van der Waals surface area contributed by atoms with E-state index in [9.17, 15) is 4.79 Å². The summed E-state index contributed by atoms with van der Waals surface area (Å²) in [6.45, 7) is -0.100. The standard InChI is InChI=1S/C15H15N3O2S/c19-14(11-20-13-9-5-2-6-10-13)16-15(21)18-17-12-7-3-1-4-8-12/h1-10,17H,11H2,(H2,16,18,19,21). The Bertz CT molecular complexity index is 537. The van der Waals surface area contributed by atoms with Gasteiger partial charge in [0.25, 0.3) is 5.91 Å². The third-order valence-corrected chi connectivity index (χ3v) is 2.66. The molecule has 0 radical (unpaired) electrons. The van der Waals surface area contributed by atoms with Gasteiger partial charge in [-0.25, -0.2) is 0 Å². The molecule has 2 aromatic carbocycles. The largest absolute Gasteiger partial charge is 0.484 e. The molecule has 0 saturated carbocycles. The predicted molar refractivity (Wildman–Crippen MR) is 85.9 cm³/mol. The molecule has 0 heterocycles. The molecule has 2 rings (SSSR count). The van der Waals surface area contributed by atoms with Gasteiger partial charge in [0.2, 0.25) is 0 Å². The Balaban J connectivity index is 1.69. The lowest BCUT2D eigenvalue weighted by atomic mass is 10.3. The van der Waals surface area contributed by atoms with E-state index in [2.05, 4.69) is 16.2 Å². The van der Waals surface area contributed by atoms with Gasteiger partial charge in [-0.15, -0.1) is 0 Å². The first-order valence-electron chi connectivity index (χ1n) is 6.33. The van der Waals surface area contributed by atoms with Crippen LogP contribution in [-0.2, 0) is 4.79 Å². The fraction of sp³-hybridized carbons (Fsp3) is 0.0667. The molecule has 0 aromatic heterocycles. The second-order valence-electron chi connectivity index (χ2n) is 4.10. The van der Waals surface area contributed by atoms with Crippen LogP contribution in [0.5, 0.6) is 5.75 Å². The number of carbonyl (C=O) groups excluding carboxylic acids is 1. The van der Waals surface area contributed by atoms with Gasteiger partial charge in [0, 0.05) is 0 Å². The summed E-state index contributed by atoms with van der Waals surface area (Å²) < 4.78 is 5.31. The summed E-state index contributed by atoms with van der Waals surface area (Å²) in [5.74, 6) is 0.306. The zero-order valence-corrected chi connectivity index (χ0v) is 12.0. The highest BCUT2D eigenvalue weighted by molar-refractivity contribution is 7.80. The van der Waals surface area contributed by atoms with Gasteiger partial charge in [-0.3, -0.25) is 21.0 Å². The van der Waals surface area contributed by atoms with Gasteiger partial charge in [-0.1, -0.05) is 36.4 Å². The maximum atomic E-state index is 11.6. The van der Waals surface area contributed by atoms with Gasteiger partial charge < -0.3 is 4.74 Å². The second kappa shape index (κ2) is 7.86. The van der Waals surface area contributed by atoms with Gasteiger partial charge >= 0.3 is 0 Å². The number of benzene rings is 2. The van der Waals surface area contributed by atoms with Crippen molar-refractivity contribution in [2.45, 2.75) is 0 Å². The number of rotatable bonds is 5. The van der Waals surface area contributed by atoms with Gasteiger partial charge in [-0.05, 0) is 36.5 Å². The second-order valence-corrected chi connectivity index (χ2v) is 4.50. The molecule has 5 nitrogen and oxygen atoms in total. The summed E-state index contributed by atoms with van der Waals surface area (Å²) in [6.07, 6.45) is 0. The normalized spacial score (nSPS) is 9.52. The van der Waals surface area contributed by atoms with Crippen LogP contribution in [0.1, 0.15) is 0 Å².